The fraction of sp³-hybridized carbons (Fsp3) is 0.300. The molecule has 1 amide bonds. The van der Waals surface area contributed by atoms with Gasteiger partial charge in [-0.05, 0) is 19.1 Å². The molecule has 0 spiro atoms. The molecular formula is C10H11N3O3. The molecule has 1 heterocycles. The summed E-state index contributed by atoms with van der Waals surface area (Å²) in [5.41, 5.74) is 3.62. The van der Waals surface area contributed by atoms with Crippen molar-refractivity contribution < 1.29 is 9.72 Å². The van der Waals surface area contributed by atoms with Crippen molar-refractivity contribution in [1.29, 1.82) is 0 Å². The zero-order valence-corrected chi connectivity index (χ0v) is 8.71. The second kappa shape index (κ2) is 3.90. The van der Waals surface area contributed by atoms with Gasteiger partial charge < -0.3 is 0 Å². The Hall–Kier alpha value is -1.95. The molecule has 16 heavy (non-hydrogen) atoms. The summed E-state index contributed by atoms with van der Waals surface area (Å²) in [6, 6.07) is 5.98. The molecule has 1 N–H and O–H groups in total. The molecule has 1 aliphatic heterocycles. The van der Waals surface area contributed by atoms with Crippen LogP contribution < -0.4 is 10.4 Å². The Morgan fingerprint density at radius 2 is 2.06 bits per heavy atom. The van der Waals surface area contributed by atoms with Gasteiger partial charge in [0, 0.05) is 24.6 Å². The molecule has 6 nitrogen and oxygen atoms in total. The Labute approximate surface area is 92.0 Å². The number of carbonyl (C=O) groups is 1. The van der Waals surface area contributed by atoms with E-state index in [1.807, 2.05) is 6.92 Å². The van der Waals surface area contributed by atoms with Crippen molar-refractivity contribution in [3.05, 3.63) is 34.4 Å². The fourth-order valence-corrected chi connectivity index (χ4v) is 1.63. The maximum absolute atomic E-state index is 11.5. The van der Waals surface area contributed by atoms with Crippen LogP contribution >= 0.6 is 0 Å². The maximum atomic E-state index is 11.5. The quantitative estimate of drug-likeness (QED) is 0.602. The van der Waals surface area contributed by atoms with Crippen LogP contribution in [0.15, 0.2) is 24.3 Å². The first-order valence-electron chi connectivity index (χ1n) is 4.91. The summed E-state index contributed by atoms with van der Waals surface area (Å²) in [7, 11) is 0. The smallest absolute Gasteiger partial charge is 0.269 e. The molecule has 2 rings (SSSR count). The molecule has 1 unspecified atom stereocenters. The van der Waals surface area contributed by atoms with E-state index < -0.39 is 4.92 Å². The standard InChI is InChI=1S/C10H11N3O3/c1-7-6-10(14)12(11-7)8-2-4-9(5-3-8)13(15)16/h2-5,7,11H,6H2,1H3. The largest absolute Gasteiger partial charge is 0.273 e. The molecule has 1 saturated heterocycles. The zero-order valence-electron chi connectivity index (χ0n) is 8.71. The van der Waals surface area contributed by atoms with E-state index >= 15 is 0 Å². The predicted octanol–water partition coefficient (Wildman–Crippen LogP) is 1.22. The fourth-order valence-electron chi connectivity index (χ4n) is 1.63. The minimum absolute atomic E-state index is 0.0171. The number of nitrogens with one attached hydrogen (secondary N) is 1. The topological polar surface area (TPSA) is 75.5 Å². The van der Waals surface area contributed by atoms with Gasteiger partial charge in [0.1, 0.15) is 0 Å². The number of hydrogen-bond donors (Lipinski definition) is 1. The van der Waals surface area contributed by atoms with Gasteiger partial charge in [-0.1, -0.05) is 0 Å². The predicted molar refractivity (Wildman–Crippen MR) is 57.8 cm³/mol. The van der Waals surface area contributed by atoms with Crippen LogP contribution in [-0.4, -0.2) is 16.9 Å². The van der Waals surface area contributed by atoms with E-state index in [9.17, 15) is 14.9 Å². The molecule has 1 atom stereocenters. The third-order valence-corrected chi connectivity index (χ3v) is 2.40. The summed E-state index contributed by atoms with van der Waals surface area (Å²) in [6.45, 7) is 1.91. The monoisotopic (exact) mass is 221 g/mol. The normalized spacial score (nSPS) is 20.2. The summed E-state index contributed by atoms with van der Waals surface area (Å²) in [4.78, 5) is 21.5. The molecule has 1 aliphatic rings. The van der Waals surface area contributed by atoms with Crippen LogP contribution in [-0.2, 0) is 4.79 Å². The van der Waals surface area contributed by atoms with Gasteiger partial charge in [-0.15, -0.1) is 0 Å². The Morgan fingerprint density at radius 3 is 2.50 bits per heavy atom. The van der Waals surface area contributed by atoms with E-state index in [0.717, 1.165) is 0 Å². The van der Waals surface area contributed by atoms with E-state index in [1.165, 1.54) is 17.1 Å². The number of nitrogens with zero attached hydrogens (tertiary/aromatic N) is 2. The van der Waals surface area contributed by atoms with Crippen LogP contribution in [0.3, 0.4) is 0 Å². The molecule has 1 aromatic carbocycles. The van der Waals surface area contributed by atoms with Crippen molar-refractivity contribution in [2.75, 3.05) is 5.01 Å². The SMILES string of the molecule is CC1CC(=O)N(c2ccc([N+](=O)[O-])cc2)N1. The first-order valence-corrected chi connectivity index (χ1v) is 4.91. The van der Waals surface area contributed by atoms with Gasteiger partial charge in [0.2, 0.25) is 5.91 Å². The summed E-state index contributed by atoms with van der Waals surface area (Å²) < 4.78 is 0. The van der Waals surface area contributed by atoms with Crippen molar-refractivity contribution >= 4 is 17.3 Å². The van der Waals surface area contributed by atoms with Crippen LogP contribution in [0, 0.1) is 10.1 Å². The number of nitro groups is 1. The van der Waals surface area contributed by atoms with Gasteiger partial charge in [-0.25, -0.2) is 10.4 Å². The van der Waals surface area contributed by atoms with Crippen LogP contribution in [0.2, 0.25) is 0 Å². The molecular weight excluding hydrogens is 210 g/mol. The van der Waals surface area contributed by atoms with Gasteiger partial charge in [0.05, 0.1) is 10.6 Å². The van der Waals surface area contributed by atoms with E-state index in [4.69, 9.17) is 0 Å². The lowest BCUT2D eigenvalue weighted by atomic mass is 10.2. The van der Waals surface area contributed by atoms with Crippen molar-refractivity contribution in [2.45, 2.75) is 19.4 Å². The van der Waals surface area contributed by atoms with E-state index in [2.05, 4.69) is 5.43 Å². The number of benzene rings is 1. The molecule has 0 aromatic heterocycles. The van der Waals surface area contributed by atoms with Crippen molar-refractivity contribution in [3.63, 3.8) is 0 Å². The molecule has 6 heteroatoms. The summed E-state index contributed by atoms with van der Waals surface area (Å²) in [6.07, 6.45) is 0.441. The lowest BCUT2D eigenvalue weighted by Gasteiger charge is -2.16. The lowest BCUT2D eigenvalue weighted by Crippen LogP contribution is -2.36. The van der Waals surface area contributed by atoms with Crippen LogP contribution in [0.4, 0.5) is 11.4 Å². The highest BCUT2D eigenvalue weighted by atomic mass is 16.6. The van der Waals surface area contributed by atoms with Crippen molar-refractivity contribution in [1.82, 2.24) is 5.43 Å². The first-order chi connectivity index (χ1) is 7.58. The third-order valence-electron chi connectivity index (χ3n) is 2.40. The van der Waals surface area contributed by atoms with Gasteiger partial charge in [-0.3, -0.25) is 14.9 Å². The van der Waals surface area contributed by atoms with Gasteiger partial charge in [0.15, 0.2) is 0 Å². The number of carbonyl (C=O) groups excluding carboxylic acids is 1. The minimum atomic E-state index is -0.467. The van der Waals surface area contributed by atoms with Crippen molar-refractivity contribution in [2.24, 2.45) is 0 Å². The lowest BCUT2D eigenvalue weighted by molar-refractivity contribution is -0.384. The van der Waals surface area contributed by atoms with Gasteiger partial charge in [0.25, 0.3) is 5.69 Å². The zero-order chi connectivity index (χ0) is 11.7. The molecule has 1 aromatic rings. The van der Waals surface area contributed by atoms with E-state index in [1.54, 1.807) is 12.1 Å². The minimum Gasteiger partial charge on any atom is -0.273 e. The van der Waals surface area contributed by atoms with Gasteiger partial charge in [-0.2, -0.15) is 0 Å². The second-order valence-corrected chi connectivity index (χ2v) is 3.74. The number of hydrazine groups is 1. The highest BCUT2D eigenvalue weighted by Crippen LogP contribution is 2.21. The molecule has 0 saturated carbocycles. The summed E-state index contributed by atoms with van der Waals surface area (Å²) in [5, 5.41) is 11.9. The molecule has 0 bridgehead atoms. The maximum Gasteiger partial charge on any atom is 0.269 e. The van der Waals surface area contributed by atoms with E-state index in [0.29, 0.717) is 12.1 Å². The number of anilines is 1. The van der Waals surface area contributed by atoms with Crippen molar-refractivity contribution in [3.8, 4) is 0 Å². The van der Waals surface area contributed by atoms with Gasteiger partial charge >= 0.3 is 0 Å². The Kier molecular flexibility index (Phi) is 2.57. The highest BCUT2D eigenvalue weighted by Gasteiger charge is 2.27. The number of amides is 1. The number of non-ortho nitro benzene ring substituents is 1. The highest BCUT2D eigenvalue weighted by molar-refractivity contribution is 5.94. The Balaban J connectivity index is 2.22. The number of rotatable bonds is 2. The molecule has 1 fully saturated rings. The van der Waals surface area contributed by atoms with Crippen LogP contribution in [0.25, 0.3) is 0 Å². The average molecular weight is 221 g/mol. The summed E-state index contributed by atoms with van der Waals surface area (Å²) in [5.74, 6) is -0.0265. The molecule has 0 radical (unpaired) electrons. The Morgan fingerprint density at radius 1 is 1.44 bits per heavy atom. The molecule has 0 aliphatic carbocycles. The number of nitro benzene ring substituents is 1. The van der Waals surface area contributed by atoms with Crippen LogP contribution in [0.5, 0.6) is 0 Å². The summed E-state index contributed by atoms with van der Waals surface area (Å²) >= 11 is 0. The average Bonchev–Trinajstić information content (AvgIpc) is 2.58. The molecule has 84 valence electrons. The third kappa shape index (κ3) is 1.87. The number of hydrogen-bond acceptors (Lipinski definition) is 4. The van der Waals surface area contributed by atoms with Crippen LogP contribution in [0.1, 0.15) is 13.3 Å². The first kappa shape index (κ1) is 10.6. The van der Waals surface area contributed by atoms with E-state index in [-0.39, 0.29) is 17.6 Å². The Bertz CT molecular complexity index is 429. The second-order valence-electron chi connectivity index (χ2n) is 3.74.